The van der Waals surface area contributed by atoms with E-state index in [1.54, 1.807) is 0 Å². The molecule has 0 heterocycles. The largest absolute Gasteiger partial charge is 0.298 e. The normalized spacial score (nSPS) is 25.2. The summed E-state index contributed by atoms with van der Waals surface area (Å²) in [5.41, 5.74) is 1.34. The van der Waals surface area contributed by atoms with Crippen molar-refractivity contribution >= 4 is 27.5 Å². The quantitative estimate of drug-likeness (QED) is 0.743. The highest BCUT2D eigenvalue weighted by Crippen LogP contribution is 2.28. The predicted octanol–water partition coefficient (Wildman–Crippen LogP) is 4.48. The molecule has 1 saturated carbocycles. The molecule has 0 aliphatic heterocycles. The van der Waals surface area contributed by atoms with Crippen molar-refractivity contribution < 1.29 is 0 Å². The first-order valence-corrected chi connectivity index (χ1v) is 7.55. The van der Waals surface area contributed by atoms with E-state index in [1.165, 1.54) is 31.2 Å². The molecule has 0 amide bonds. The summed E-state index contributed by atoms with van der Waals surface area (Å²) >= 11 is 9.72. The molecule has 2 atom stereocenters. The number of benzene rings is 1. The Hall–Kier alpha value is -0.0500. The van der Waals surface area contributed by atoms with Crippen LogP contribution in [0.5, 0.6) is 0 Å². The topological polar surface area (TPSA) is 3.24 Å². The van der Waals surface area contributed by atoms with Crippen LogP contribution in [0.1, 0.15) is 31.2 Å². The maximum Gasteiger partial charge on any atom is 0.0406 e. The summed E-state index contributed by atoms with van der Waals surface area (Å²) in [6.45, 7) is 1.00. The molecule has 1 aliphatic carbocycles. The zero-order valence-corrected chi connectivity index (χ0v) is 12.5. The lowest BCUT2D eigenvalue weighted by Crippen LogP contribution is -2.40. The number of hydrogen-bond acceptors (Lipinski definition) is 1. The van der Waals surface area contributed by atoms with Crippen LogP contribution < -0.4 is 0 Å². The van der Waals surface area contributed by atoms with Gasteiger partial charge in [0.15, 0.2) is 0 Å². The Morgan fingerprint density at radius 3 is 2.53 bits per heavy atom. The van der Waals surface area contributed by atoms with Crippen LogP contribution in [-0.2, 0) is 6.54 Å². The maximum atomic E-state index is 5.90. The van der Waals surface area contributed by atoms with E-state index < -0.39 is 0 Å². The van der Waals surface area contributed by atoms with Crippen molar-refractivity contribution in [2.24, 2.45) is 0 Å². The second-order valence-corrected chi connectivity index (χ2v) is 6.52. The summed E-state index contributed by atoms with van der Waals surface area (Å²) in [4.78, 5) is 3.11. The fourth-order valence-electron chi connectivity index (χ4n) is 2.56. The van der Waals surface area contributed by atoms with Crippen LogP contribution in [0.3, 0.4) is 0 Å². The van der Waals surface area contributed by atoms with E-state index in [0.717, 1.165) is 11.6 Å². The molecule has 94 valence electrons. The van der Waals surface area contributed by atoms with Gasteiger partial charge in [0.25, 0.3) is 0 Å². The smallest absolute Gasteiger partial charge is 0.0406 e. The Kier molecular flexibility index (Phi) is 4.89. The zero-order chi connectivity index (χ0) is 12.3. The Labute approximate surface area is 117 Å². The number of halogens is 2. The third-order valence-corrected chi connectivity index (χ3v) is 4.88. The lowest BCUT2D eigenvalue weighted by atomic mass is 9.94. The molecule has 0 radical (unpaired) electrons. The Bertz CT molecular complexity index is 352. The van der Waals surface area contributed by atoms with Crippen molar-refractivity contribution in [1.29, 1.82) is 0 Å². The Balaban J connectivity index is 1.95. The average molecular weight is 317 g/mol. The van der Waals surface area contributed by atoms with Crippen LogP contribution in [0.2, 0.25) is 5.02 Å². The van der Waals surface area contributed by atoms with E-state index >= 15 is 0 Å². The minimum atomic E-state index is 0.647. The van der Waals surface area contributed by atoms with Gasteiger partial charge in [-0.15, -0.1) is 0 Å². The molecular formula is C14H19BrClN. The first-order chi connectivity index (χ1) is 8.16. The Morgan fingerprint density at radius 2 is 1.88 bits per heavy atom. The molecule has 1 fully saturated rings. The molecule has 0 aromatic heterocycles. The highest BCUT2D eigenvalue weighted by atomic mass is 79.9. The summed E-state index contributed by atoms with van der Waals surface area (Å²) in [5, 5.41) is 0.812. The molecule has 1 nitrogen and oxygen atoms in total. The third-order valence-electron chi connectivity index (χ3n) is 3.56. The minimum absolute atomic E-state index is 0.647. The molecule has 1 aliphatic rings. The highest BCUT2D eigenvalue weighted by molar-refractivity contribution is 9.09. The molecule has 2 rings (SSSR count). The lowest BCUT2D eigenvalue weighted by molar-refractivity contribution is 0.193. The summed E-state index contributed by atoms with van der Waals surface area (Å²) in [5.74, 6) is 0. The van der Waals surface area contributed by atoms with Gasteiger partial charge >= 0.3 is 0 Å². The molecule has 1 aromatic carbocycles. The van der Waals surface area contributed by atoms with E-state index in [9.17, 15) is 0 Å². The van der Waals surface area contributed by atoms with Crippen LogP contribution in [0.25, 0.3) is 0 Å². The molecule has 0 saturated heterocycles. The van der Waals surface area contributed by atoms with Gasteiger partial charge in [0, 0.05) is 22.4 Å². The van der Waals surface area contributed by atoms with Crippen molar-refractivity contribution in [2.75, 3.05) is 7.05 Å². The van der Waals surface area contributed by atoms with E-state index in [0.29, 0.717) is 10.9 Å². The lowest BCUT2D eigenvalue weighted by Gasteiger charge is -2.35. The van der Waals surface area contributed by atoms with E-state index in [4.69, 9.17) is 11.6 Å². The van der Waals surface area contributed by atoms with E-state index in [1.807, 2.05) is 12.1 Å². The summed E-state index contributed by atoms with van der Waals surface area (Å²) in [6, 6.07) is 8.84. The molecule has 0 N–H and O–H groups in total. The van der Waals surface area contributed by atoms with Crippen LogP contribution in [-0.4, -0.2) is 22.8 Å². The van der Waals surface area contributed by atoms with Gasteiger partial charge in [-0.1, -0.05) is 52.5 Å². The van der Waals surface area contributed by atoms with Crippen molar-refractivity contribution in [1.82, 2.24) is 4.90 Å². The van der Waals surface area contributed by atoms with Gasteiger partial charge < -0.3 is 0 Å². The molecule has 2 unspecified atom stereocenters. The summed E-state index contributed by atoms with van der Waals surface area (Å²) in [7, 11) is 2.22. The highest BCUT2D eigenvalue weighted by Gasteiger charge is 2.25. The second-order valence-electron chi connectivity index (χ2n) is 4.91. The van der Waals surface area contributed by atoms with Crippen LogP contribution >= 0.6 is 27.5 Å². The molecule has 1 aromatic rings. The number of nitrogens with zero attached hydrogens (tertiary/aromatic N) is 1. The van der Waals surface area contributed by atoms with Gasteiger partial charge in [-0.2, -0.15) is 0 Å². The third kappa shape index (κ3) is 3.70. The van der Waals surface area contributed by atoms with E-state index in [-0.39, 0.29) is 0 Å². The van der Waals surface area contributed by atoms with Crippen LogP contribution in [0, 0.1) is 0 Å². The maximum absolute atomic E-state index is 5.90. The van der Waals surface area contributed by atoms with Crippen molar-refractivity contribution in [3.05, 3.63) is 34.9 Å². The standard InChI is InChI=1S/C14H19BrClN/c1-17(14-5-3-2-4-13(14)15)10-11-6-8-12(16)9-7-11/h6-9,13-14H,2-5,10H2,1H3. The number of rotatable bonds is 3. The monoisotopic (exact) mass is 315 g/mol. The first kappa shape index (κ1) is 13.4. The van der Waals surface area contributed by atoms with Crippen LogP contribution in [0.15, 0.2) is 24.3 Å². The SMILES string of the molecule is CN(Cc1ccc(Cl)cc1)C1CCCCC1Br. The van der Waals surface area contributed by atoms with Gasteiger partial charge in [0.05, 0.1) is 0 Å². The molecule has 0 spiro atoms. The molecule has 0 bridgehead atoms. The summed E-state index contributed by atoms with van der Waals surface area (Å²) < 4.78 is 0. The van der Waals surface area contributed by atoms with Crippen molar-refractivity contribution in [3.8, 4) is 0 Å². The van der Waals surface area contributed by atoms with Gasteiger partial charge in [0.2, 0.25) is 0 Å². The van der Waals surface area contributed by atoms with Crippen LogP contribution in [0.4, 0.5) is 0 Å². The Morgan fingerprint density at radius 1 is 1.24 bits per heavy atom. The van der Waals surface area contributed by atoms with Gasteiger partial charge in [0.1, 0.15) is 0 Å². The van der Waals surface area contributed by atoms with Crippen molar-refractivity contribution in [3.63, 3.8) is 0 Å². The first-order valence-electron chi connectivity index (χ1n) is 6.25. The fourth-order valence-corrected chi connectivity index (χ4v) is 3.68. The number of alkyl halides is 1. The zero-order valence-electron chi connectivity index (χ0n) is 10.2. The summed E-state index contributed by atoms with van der Waals surface area (Å²) in [6.07, 6.45) is 5.33. The van der Waals surface area contributed by atoms with Gasteiger partial charge in [-0.25, -0.2) is 0 Å². The second kappa shape index (κ2) is 6.21. The van der Waals surface area contributed by atoms with Gasteiger partial charge in [-0.3, -0.25) is 4.90 Å². The minimum Gasteiger partial charge on any atom is -0.298 e. The van der Waals surface area contributed by atoms with E-state index in [2.05, 4.69) is 40.0 Å². The molecule has 3 heteroatoms. The molecule has 17 heavy (non-hydrogen) atoms. The average Bonchev–Trinajstić information content (AvgIpc) is 2.32. The molecular weight excluding hydrogens is 298 g/mol. The predicted molar refractivity (Wildman–Crippen MR) is 77.9 cm³/mol. The van der Waals surface area contributed by atoms with Gasteiger partial charge in [-0.05, 0) is 37.6 Å². The van der Waals surface area contributed by atoms with Crippen molar-refractivity contribution in [2.45, 2.75) is 43.1 Å². The fraction of sp³-hybridized carbons (Fsp3) is 0.571. The number of hydrogen-bond donors (Lipinski definition) is 0.